The number of nitrogens with two attached hydrogens (primary N) is 1. The van der Waals surface area contributed by atoms with Crippen molar-refractivity contribution in [1.29, 1.82) is 0 Å². The number of pyridine rings is 1. The molecule has 0 saturated carbocycles. The molecule has 0 atom stereocenters. The number of H-pyrrole nitrogens is 1. The van der Waals surface area contributed by atoms with Crippen molar-refractivity contribution in [3.63, 3.8) is 0 Å². The first-order valence-corrected chi connectivity index (χ1v) is 5.79. The van der Waals surface area contributed by atoms with Crippen LogP contribution in [0.1, 0.15) is 0 Å². The smallest absolute Gasteiger partial charge is 0.271 e. The molecule has 0 bridgehead atoms. The van der Waals surface area contributed by atoms with Crippen molar-refractivity contribution in [3.05, 3.63) is 53.0 Å². The minimum absolute atomic E-state index is 0.185. The molecule has 0 amide bonds. The summed E-state index contributed by atoms with van der Waals surface area (Å²) >= 11 is 0. The van der Waals surface area contributed by atoms with Crippen LogP contribution in [0.5, 0.6) is 0 Å². The molecule has 20 heavy (non-hydrogen) atoms. The maximum Gasteiger partial charge on any atom is 0.271 e. The van der Waals surface area contributed by atoms with Crippen LogP contribution in [0.25, 0.3) is 10.9 Å². The molecule has 0 saturated heterocycles. The van der Waals surface area contributed by atoms with Gasteiger partial charge in [0.15, 0.2) is 0 Å². The highest BCUT2D eigenvalue weighted by molar-refractivity contribution is 5.92. The van der Waals surface area contributed by atoms with E-state index < -0.39 is 5.82 Å². The average molecular weight is 271 g/mol. The summed E-state index contributed by atoms with van der Waals surface area (Å²) in [5.41, 5.74) is 6.16. The molecule has 0 aliphatic carbocycles. The zero-order valence-corrected chi connectivity index (χ0v) is 10.2. The fraction of sp³-hybridized carbons (Fsp3) is 0. The summed E-state index contributed by atoms with van der Waals surface area (Å²) in [6.07, 6.45) is 2.79. The largest absolute Gasteiger partial charge is 0.399 e. The number of nitrogens with zero attached hydrogens (tertiary/aromatic N) is 2. The number of benzene rings is 1. The quantitative estimate of drug-likeness (QED) is 0.617. The van der Waals surface area contributed by atoms with Crippen molar-refractivity contribution in [2.75, 3.05) is 11.1 Å². The van der Waals surface area contributed by atoms with Crippen LogP contribution < -0.4 is 16.6 Å². The van der Waals surface area contributed by atoms with Gasteiger partial charge in [-0.2, -0.15) is 0 Å². The zero-order valence-electron chi connectivity index (χ0n) is 10.2. The number of fused-ring (bicyclic) bond motifs is 1. The van der Waals surface area contributed by atoms with Crippen LogP contribution in [0.2, 0.25) is 0 Å². The Kier molecular flexibility index (Phi) is 2.79. The molecule has 4 N–H and O–H groups in total. The molecule has 100 valence electrons. The summed E-state index contributed by atoms with van der Waals surface area (Å²) in [4.78, 5) is 22.1. The van der Waals surface area contributed by atoms with Gasteiger partial charge in [0.05, 0.1) is 10.9 Å². The van der Waals surface area contributed by atoms with E-state index in [4.69, 9.17) is 5.73 Å². The van der Waals surface area contributed by atoms with Crippen LogP contribution in [0, 0.1) is 5.82 Å². The van der Waals surface area contributed by atoms with Gasteiger partial charge in [0, 0.05) is 11.9 Å². The Bertz CT molecular complexity index is 846. The molecule has 1 aromatic carbocycles. The maximum atomic E-state index is 14.0. The second-order valence-corrected chi connectivity index (χ2v) is 4.16. The molecule has 3 rings (SSSR count). The molecule has 0 radical (unpaired) electrons. The van der Waals surface area contributed by atoms with Crippen molar-refractivity contribution < 1.29 is 4.39 Å². The van der Waals surface area contributed by atoms with Gasteiger partial charge in [-0.25, -0.2) is 14.4 Å². The van der Waals surface area contributed by atoms with Crippen LogP contribution in [-0.2, 0) is 0 Å². The lowest BCUT2D eigenvalue weighted by atomic mass is 10.2. The third kappa shape index (κ3) is 2.05. The Morgan fingerprint density at radius 1 is 1.30 bits per heavy atom. The second kappa shape index (κ2) is 4.61. The van der Waals surface area contributed by atoms with E-state index in [2.05, 4.69) is 20.3 Å². The van der Waals surface area contributed by atoms with Gasteiger partial charge in [-0.15, -0.1) is 0 Å². The minimum atomic E-state index is -0.546. The van der Waals surface area contributed by atoms with E-state index in [-0.39, 0.29) is 28.1 Å². The number of nitrogens with one attached hydrogen (secondary N) is 2. The van der Waals surface area contributed by atoms with Gasteiger partial charge >= 0.3 is 0 Å². The van der Waals surface area contributed by atoms with Crippen molar-refractivity contribution in [3.8, 4) is 0 Å². The SMILES string of the molecule is Nc1cc(F)c2c(Nc3ccc[nH]c3=O)ncnc2c1. The molecular formula is C13H10FN5O. The van der Waals surface area contributed by atoms with Crippen molar-refractivity contribution >= 4 is 28.1 Å². The highest BCUT2D eigenvalue weighted by atomic mass is 19.1. The van der Waals surface area contributed by atoms with Crippen LogP contribution in [-0.4, -0.2) is 15.0 Å². The second-order valence-electron chi connectivity index (χ2n) is 4.16. The lowest BCUT2D eigenvalue weighted by molar-refractivity contribution is 0.640. The summed E-state index contributed by atoms with van der Waals surface area (Å²) in [5.74, 6) is -0.334. The molecule has 7 heteroatoms. The molecule has 2 heterocycles. The minimum Gasteiger partial charge on any atom is -0.399 e. The molecule has 3 aromatic rings. The van der Waals surface area contributed by atoms with Crippen molar-refractivity contribution in [1.82, 2.24) is 15.0 Å². The van der Waals surface area contributed by atoms with Crippen LogP contribution in [0.3, 0.4) is 0 Å². The first kappa shape index (κ1) is 12.1. The number of hydrogen-bond donors (Lipinski definition) is 3. The Morgan fingerprint density at radius 3 is 2.95 bits per heavy atom. The van der Waals surface area contributed by atoms with E-state index in [1.54, 1.807) is 18.2 Å². The first-order valence-electron chi connectivity index (χ1n) is 5.79. The van der Waals surface area contributed by atoms with E-state index in [9.17, 15) is 9.18 Å². The maximum absolute atomic E-state index is 14.0. The summed E-state index contributed by atoms with van der Waals surface area (Å²) < 4.78 is 14.0. The molecule has 0 spiro atoms. The number of aromatic nitrogens is 3. The van der Waals surface area contributed by atoms with E-state index in [1.165, 1.54) is 18.6 Å². The Morgan fingerprint density at radius 2 is 2.15 bits per heavy atom. The number of anilines is 3. The molecule has 0 unspecified atom stereocenters. The molecule has 0 fully saturated rings. The van der Waals surface area contributed by atoms with E-state index in [1.807, 2.05) is 0 Å². The van der Waals surface area contributed by atoms with Crippen molar-refractivity contribution in [2.24, 2.45) is 0 Å². The Labute approximate surface area is 112 Å². The normalized spacial score (nSPS) is 10.7. The van der Waals surface area contributed by atoms with Gasteiger partial charge in [0.2, 0.25) is 0 Å². The van der Waals surface area contributed by atoms with Crippen LogP contribution >= 0.6 is 0 Å². The third-order valence-corrected chi connectivity index (χ3v) is 2.78. The van der Waals surface area contributed by atoms with E-state index >= 15 is 0 Å². The predicted molar refractivity (Wildman–Crippen MR) is 74.3 cm³/mol. The molecule has 2 aromatic heterocycles. The van der Waals surface area contributed by atoms with Crippen molar-refractivity contribution in [2.45, 2.75) is 0 Å². The first-order chi connectivity index (χ1) is 9.65. The molecule has 0 aliphatic rings. The lowest BCUT2D eigenvalue weighted by Crippen LogP contribution is -2.11. The standard InChI is InChI=1S/C13H10FN5O/c14-8-4-7(15)5-10-11(8)12(18-6-17-10)19-9-2-1-3-16-13(9)20/h1-6H,15H2,(H,16,20)(H,17,18,19). The number of hydrogen-bond acceptors (Lipinski definition) is 5. The van der Waals surface area contributed by atoms with Gasteiger partial charge in [0.25, 0.3) is 5.56 Å². The van der Waals surface area contributed by atoms with Gasteiger partial charge in [-0.1, -0.05) is 0 Å². The predicted octanol–water partition coefficient (Wildman–Crippen LogP) is 1.78. The number of halogens is 1. The summed E-state index contributed by atoms with van der Waals surface area (Å²) in [6.45, 7) is 0. The van der Waals surface area contributed by atoms with Gasteiger partial charge in [0.1, 0.15) is 23.6 Å². The van der Waals surface area contributed by atoms with E-state index in [0.717, 1.165) is 0 Å². The Balaban J connectivity index is 2.18. The molecular weight excluding hydrogens is 261 g/mol. The fourth-order valence-electron chi connectivity index (χ4n) is 1.90. The third-order valence-electron chi connectivity index (χ3n) is 2.78. The highest BCUT2D eigenvalue weighted by Gasteiger charge is 2.11. The number of aromatic amines is 1. The average Bonchev–Trinajstić information content (AvgIpc) is 2.41. The van der Waals surface area contributed by atoms with Crippen LogP contribution in [0.4, 0.5) is 21.6 Å². The number of rotatable bonds is 2. The number of nitrogen functional groups attached to an aromatic ring is 1. The summed E-state index contributed by atoms with van der Waals surface area (Å²) in [5, 5.41) is 2.98. The van der Waals surface area contributed by atoms with E-state index in [0.29, 0.717) is 5.52 Å². The van der Waals surface area contributed by atoms with Crippen LogP contribution in [0.15, 0.2) is 41.6 Å². The molecule has 0 aliphatic heterocycles. The van der Waals surface area contributed by atoms with Gasteiger partial charge in [-0.05, 0) is 24.3 Å². The van der Waals surface area contributed by atoms with Gasteiger partial charge < -0.3 is 16.0 Å². The monoisotopic (exact) mass is 271 g/mol. The Hall–Kier alpha value is -2.96. The van der Waals surface area contributed by atoms with Gasteiger partial charge in [-0.3, -0.25) is 4.79 Å². The highest BCUT2D eigenvalue weighted by Crippen LogP contribution is 2.26. The molecule has 6 nitrogen and oxygen atoms in total. The summed E-state index contributed by atoms with van der Waals surface area (Å²) in [7, 11) is 0. The fourth-order valence-corrected chi connectivity index (χ4v) is 1.90. The lowest BCUT2D eigenvalue weighted by Gasteiger charge is -2.08. The topological polar surface area (TPSA) is 96.7 Å². The summed E-state index contributed by atoms with van der Waals surface area (Å²) in [6, 6.07) is 5.95. The zero-order chi connectivity index (χ0) is 14.1.